The molecule has 2 aliphatic rings. The first kappa shape index (κ1) is 15.7. The van der Waals surface area contributed by atoms with Crippen LogP contribution in [0.5, 0.6) is 5.75 Å². The summed E-state index contributed by atoms with van der Waals surface area (Å²) in [6, 6.07) is 5.81. The predicted octanol–water partition coefficient (Wildman–Crippen LogP) is 3.24. The maximum Gasteiger partial charge on any atom is 0.139 e. The summed E-state index contributed by atoms with van der Waals surface area (Å²) in [6.07, 6.45) is 5.07. The van der Waals surface area contributed by atoms with Gasteiger partial charge in [0.2, 0.25) is 0 Å². The predicted molar refractivity (Wildman–Crippen MR) is 83.8 cm³/mol. The van der Waals surface area contributed by atoms with Crippen molar-refractivity contribution in [2.24, 2.45) is 5.92 Å². The second-order valence-corrected chi connectivity index (χ2v) is 8.18. The Kier molecular flexibility index (Phi) is 4.91. The van der Waals surface area contributed by atoms with Crippen molar-refractivity contribution in [3.8, 4) is 5.75 Å². The molecule has 22 heavy (non-hydrogen) atoms. The summed E-state index contributed by atoms with van der Waals surface area (Å²) in [5, 5.41) is 0.443. The van der Waals surface area contributed by atoms with Crippen molar-refractivity contribution in [3.63, 3.8) is 0 Å². The number of carbonyl (C=O) groups is 1. The number of ketones is 1. The quantitative estimate of drug-likeness (QED) is 0.835. The Bertz CT molecular complexity index is 542. The molecule has 3 nitrogen and oxygen atoms in total. The Hall–Kier alpha value is -1.23. The highest BCUT2D eigenvalue weighted by atomic mass is 32.2. The van der Waals surface area contributed by atoms with Gasteiger partial charge in [-0.1, -0.05) is 6.42 Å². The molecule has 0 aliphatic carbocycles. The number of hydrogen-bond acceptors (Lipinski definition) is 3. The Balaban J connectivity index is 1.48. The molecule has 0 saturated carbocycles. The zero-order valence-electron chi connectivity index (χ0n) is 12.5. The van der Waals surface area contributed by atoms with E-state index < -0.39 is 10.8 Å². The van der Waals surface area contributed by atoms with Crippen LogP contribution in [0.15, 0.2) is 24.3 Å². The van der Waals surface area contributed by atoms with Gasteiger partial charge in [-0.3, -0.25) is 9.00 Å². The lowest BCUT2D eigenvalue weighted by Gasteiger charge is -2.37. The van der Waals surface area contributed by atoms with Gasteiger partial charge in [-0.15, -0.1) is 0 Å². The molecule has 2 fully saturated rings. The minimum Gasteiger partial charge on any atom is -0.493 e. The Morgan fingerprint density at radius 2 is 1.82 bits per heavy atom. The van der Waals surface area contributed by atoms with Crippen molar-refractivity contribution < 1.29 is 18.1 Å². The summed E-state index contributed by atoms with van der Waals surface area (Å²) in [6.45, 7) is 0.319. The molecule has 5 heteroatoms. The molecule has 2 atom stereocenters. The second-order valence-electron chi connectivity index (χ2n) is 6.19. The van der Waals surface area contributed by atoms with Crippen molar-refractivity contribution in [3.05, 3.63) is 30.1 Å². The van der Waals surface area contributed by atoms with Crippen LogP contribution in [0, 0.1) is 11.7 Å². The molecule has 2 heterocycles. The molecule has 2 aliphatic heterocycles. The van der Waals surface area contributed by atoms with E-state index in [-0.39, 0.29) is 28.0 Å². The summed E-state index contributed by atoms with van der Waals surface area (Å²) in [5.74, 6) is 0.543. The van der Waals surface area contributed by atoms with Gasteiger partial charge >= 0.3 is 0 Å². The topological polar surface area (TPSA) is 43.4 Å². The van der Waals surface area contributed by atoms with Crippen LogP contribution in [0.25, 0.3) is 0 Å². The molecule has 0 spiro atoms. The molecule has 0 amide bonds. The van der Waals surface area contributed by atoms with Gasteiger partial charge in [0.25, 0.3) is 0 Å². The molecule has 2 unspecified atom stereocenters. The molecule has 3 rings (SSSR count). The largest absolute Gasteiger partial charge is 0.493 e. The van der Waals surface area contributed by atoms with E-state index >= 15 is 0 Å². The van der Waals surface area contributed by atoms with Crippen molar-refractivity contribution in [1.82, 2.24) is 0 Å². The zero-order chi connectivity index (χ0) is 15.5. The van der Waals surface area contributed by atoms with Crippen LogP contribution in [0.1, 0.15) is 38.5 Å². The number of rotatable bonds is 5. The number of benzene rings is 1. The normalized spacial score (nSPS) is 30.8. The molecule has 1 aromatic rings. The SMILES string of the molecule is O=C(CCOc1ccc(F)cc1)C1CC2CCCC(C1)S2=O. The van der Waals surface area contributed by atoms with Gasteiger partial charge in [0.1, 0.15) is 17.3 Å². The minimum atomic E-state index is -0.730. The van der Waals surface area contributed by atoms with Crippen LogP contribution in [-0.2, 0) is 15.6 Å². The van der Waals surface area contributed by atoms with Crippen molar-refractivity contribution in [2.75, 3.05) is 6.61 Å². The van der Waals surface area contributed by atoms with Crippen LogP contribution in [0.4, 0.5) is 4.39 Å². The van der Waals surface area contributed by atoms with Gasteiger partial charge in [-0.05, 0) is 49.9 Å². The lowest BCUT2D eigenvalue weighted by molar-refractivity contribution is -0.124. The Labute approximate surface area is 132 Å². The molecular weight excluding hydrogens is 303 g/mol. The maximum absolute atomic E-state index is 12.8. The van der Waals surface area contributed by atoms with Crippen LogP contribution in [0.3, 0.4) is 0 Å². The first-order chi connectivity index (χ1) is 10.6. The number of carbonyl (C=O) groups excluding carboxylic acids is 1. The van der Waals surface area contributed by atoms with Crippen LogP contribution < -0.4 is 4.74 Å². The average Bonchev–Trinajstić information content (AvgIpc) is 2.49. The van der Waals surface area contributed by atoms with Gasteiger partial charge < -0.3 is 4.74 Å². The highest BCUT2D eigenvalue weighted by molar-refractivity contribution is 7.86. The standard InChI is InChI=1S/C17H21FO3S/c18-13-4-6-14(7-5-13)21-9-8-17(19)12-10-15-2-1-3-16(11-12)22(15)20/h4-7,12,15-16H,1-3,8-11H2. The highest BCUT2D eigenvalue weighted by Gasteiger charge is 2.40. The van der Waals surface area contributed by atoms with Gasteiger partial charge in [-0.2, -0.15) is 0 Å². The zero-order valence-corrected chi connectivity index (χ0v) is 13.3. The highest BCUT2D eigenvalue weighted by Crippen LogP contribution is 2.37. The van der Waals surface area contributed by atoms with E-state index in [1.165, 1.54) is 12.1 Å². The van der Waals surface area contributed by atoms with E-state index in [9.17, 15) is 13.4 Å². The molecule has 0 aromatic heterocycles. The Morgan fingerprint density at radius 3 is 2.45 bits per heavy atom. The van der Waals surface area contributed by atoms with E-state index in [0.29, 0.717) is 18.8 Å². The van der Waals surface area contributed by atoms with Crippen LogP contribution >= 0.6 is 0 Å². The fraction of sp³-hybridized carbons (Fsp3) is 0.588. The van der Waals surface area contributed by atoms with Gasteiger partial charge in [0, 0.05) is 33.6 Å². The monoisotopic (exact) mass is 324 g/mol. The van der Waals surface area contributed by atoms with E-state index in [1.807, 2.05) is 0 Å². The molecule has 1 aromatic carbocycles. The lowest BCUT2D eigenvalue weighted by Crippen LogP contribution is -2.41. The molecule has 120 valence electrons. The summed E-state index contributed by atoms with van der Waals surface area (Å²) in [4.78, 5) is 12.3. The fourth-order valence-electron chi connectivity index (χ4n) is 3.50. The summed E-state index contributed by atoms with van der Waals surface area (Å²) in [5.41, 5.74) is 0. The third kappa shape index (κ3) is 3.57. The van der Waals surface area contributed by atoms with E-state index in [4.69, 9.17) is 4.74 Å². The first-order valence-corrected chi connectivity index (χ1v) is 9.21. The molecule has 0 radical (unpaired) electrons. The van der Waals surface area contributed by atoms with E-state index in [0.717, 1.165) is 32.1 Å². The average molecular weight is 324 g/mol. The Morgan fingerprint density at radius 1 is 1.18 bits per heavy atom. The fourth-order valence-corrected chi connectivity index (χ4v) is 5.69. The van der Waals surface area contributed by atoms with E-state index in [1.54, 1.807) is 12.1 Å². The van der Waals surface area contributed by atoms with Gasteiger partial charge in [0.05, 0.1) is 6.61 Å². The minimum absolute atomic E-state index is 0.0461. The van der Waals surface area contributed by atoms with E-state index in [2.05, 4.69) is 0 Å². The van der Waals surface area contributed by atoms with Crippen LogP contribution in [-0.4, -0.2) is 27.1 Å². The molecular formula is C17H21FO3S. The molecule has 2 bridgehead atoms. The number of Topliss-reactive ketones (excluding diaryl/α,β-unsaturated/α-hetero) is 1. The van der Waals surface area contributed by atoms with Gasteiger partial charge in [-0.25, -0.2) is 4.39 Å². The summed E-state index contributed by atoms with van der Waals surface area (Å²) >= 11 is 0. The third-order valence-corrected chi connectivity index (χ3v) is 6.86. The second kappa shape index (κ2) is 6.90. The number of ether oxygens (including phenoxy) is 1. The number of fused-ring (bicyclic) bond motifs is 2. The van der Waals surface area contributed by atoms with Crippen molar-refractivity contribution in [2.45, 2.75) is 49.0 Å². The number of hydrogen-bond donors (Lipinski definition) is 0. The van der Waals surface area contributed by atoms with Crippen LogP contribution in [0.2, 0.25) is 0 Å². The molecule has 2 saturated heterocycles. The van der Waals surface area contributed by atoms with Crippen molar-refractivity contribution in [1.29, 1.82) is 0 Å². The van der Waals surface area contributed by atoms with Gasteiger partial charge in [0.15, 0.2) is 0 Å². The summed E-state index contributed by atoms with van der Waals surface area (Å²) < 4.78 is 30.4. The lowest BCUT2D eigenvalue weighted by atomic mass is 9.86. The smallest absolute Gasteiger partial charge is 0.139 e. The first-order valence-electron chi connectivity index (χ1n) is 7.94. The molecule has 0 N–H and O–H groups in total. The third-order valence-electron chi connectivity index (χ3n) is 4.69. The summed E-state index contributed by atoms with van der Waals surface area (Å²) in [7, 11) is -0.730. The van der Waals surface area contributed by atoms with Crippen molar-refractivity contribution >= 4 is 16.6 Å². The number of halogens is 1. The maximum atomic E-state index is 12.8.